The van der Waals surface area contributed by atoms with Crippen LogP contribution in [-0.2, 0) is 9.53 Å². The first-order valence-electron chi connectivity index (χ1n) is 7.94. The molecule has 112 valence electrons. The second kappa shape index (κ2) is 4.68. The van der Waals surface area contributed by atoms with Gasteiger partial charge in [0.05, 0.1) is 12.0 Å². The fraction of sp³-hybridized carbons (Fsp3) is 0.688. The van der Waals surface area contributed by atoms with Gasteiger partial charge >= 0.3 is 5.97 Å². The highest BCUT2D eigenvalue weighted by molar-refractivity contribution is 5.79. The van der Waals surface area contributed by atoms with E-state index in [4.69, 9.17) is 4.74 Å². The van der Waals surface area contributed by atoms with Crippen molar-refractivity contribution in [2.75, 3.05) is 24.6 Å². The molecule has 0 radical (unpaired) electrons. The molecular weight excluding hydrogens is 266 g/mol. The normalized spacial score (nSPS) is 24.4. The second-order valence-corrected chi connectivity index (χ2v) is 6.63. The van der Waals surface area contributed by atoms with Crippen LogP contribution in [0.25, 0.3) is 0 Å². The van der Waals surface area contributed by atoms with Gasteiger partial charge in [-0.3, -0.25) is 4.79 Å². The van der Waals surface area contributed by atoms with Crippen molar-refractivity contribution in [3.05, 3.63) is 17.6 Å². The lowest BCUT2D eigenvalue weighted by atomic mass is 9.77. The van der Waals surface area contributed by atoms with Crippen molar-refractivity contribution in [3.63, 3.8) is 0 Å². The molecule has 3 aliphatic rings. The number of aromatic nitrogens is 2. The zero-order valence-electron chi connectivity index (χ0n) is 12.5. The monoisotopic (exact) mass is 287 g/mol. The molecule has 5 nitrogen and oxygen atoms in total. The number of anilines is 1. The maximum absolute atomic E-state index is 11.9. The minimum atomic E-state index is -0.210. The molecule has 1 spiro atoms. The van der Waals surface area contributed by atoms with Crippen molar-refractivity contribution >= 4 is 11.8 Å². The molecule has 0 atom stereocenters. The molecule has 21 heavy (non-hydrogen) atoms. The van der Waals surface area contributed by atoms with E-state index in [1.54, 1.807) is 0 Å². The highest BCUT2D eigenvalue weighted by atomic mass is 16.5. The Balaban J connectivity index is 1.52. The summed E-state index contributed by atoms with van der Waals surface area (Å²) in [6.45, 7) is 4.33. The number of carbonyl (C=O) groups excluding carboxylic acids is 1. The smallest absolute Gasteiger partial charge is 0.312 e. The van der Waals surface area contributed by atoms with Gasteiger partial charge < -0.3 is 9.64 Å². The van der Waals surface area contributed by atoms with E-state index in [1.165, 1.54) is 18.5 Å². The Morgan fingerprint density at radius 2 is 2.00 bits per heavy atom. The van der Waals surface area contributed by atoms with Crippen molar-refractivity contribution in [2.45, 2.75) is 44.9 Å². The average Bonchev–Trinajstić information content (AvgIpc) is 3.27. The minimum absolute atomic E-state index is 0.0136. The fourth-order valence-electron chi connectivity index (χ4n) is 3.54. The molecule has 2 aliphatic heterocycles. The first-order chi connectivity index (χ1) is 10.2. The van der Waals surface area contributed by atoms with Gasteiger partial charge in [0.2, 0.25) is 0 Å². The van der Waals surface area contributed by atoms with Gasteiger partial charge in [-0.1, -0.05) is 0 Å². The largest absolute Gasteiger partial charge is 0.465 e. The van der Waals surface area contributed by atoms with Gasteiger partial charge in [0, 0.05) is 30.8 Å². The number of esters is 1. The summed E-state index contributed by atoms with van der Waals surface area (Å²) < 4.78 is 5.18. The first-order valence-corrected chi connectivity index (χ1v) is 7.94. The molecule has 1 aliphatic carbocycles. The van der Waals surface area contributed by atoms with E-state index < -0.39 is 0 Å². The third kappa shape index (κ3) is 2.28. The predicted molar refractivity (Wildman–Crippen MR) is 78.2 cm³/mol. The van der Waals surface area contributed by atoms with Crippen LogP contribution in [0.2, 0.25) is 0 Å². The molecular formula is C16H21N3O2. The highest BCUT2D eigenvalue weighted by Crippen LogP contribution is 2.42. The third-order valence-electron chi connectivity index (χ3n) is 5.13. The van der Waals surface area contributed by atoms with E-state index in [0.717, 1.165) is 44.0 Å². The number of piperidine rings is 1. The number of nitrogens with zero attached hydrogens (tertiary/aromatic N) is 3. The van der Waals surface area contributed by atoms with Crippen molar-refractivity contribution < 1.29 is 9.53 Å². The molecule has 0 aromatic carbocycles. The molecule has 3 fully saturated rings. The van der Waals surface area contributed by atoms with Crippen molar-refractivity contribution in [1.29, 1.82) is 0 Å². The molecule has 0 unspecified atom stereocenters. The van der Waals surface area contributed by atoms with Crippen LogP contribution in [0.1, 0.15) is 49.5 Å². The number of carbonyl (C=O) groups is 1. The number of ether oxygens (including phenoxy) is 1. The molecule has 1 aromatic rings. The van der Waals surface area contributed by atoms with E-state index in [-0.39, 0.29) is 11.4 Å². The third-order valence-corrected chi connectivity index (χ3v) is 5.13. The minimum Gasteiger partial charge on any atom is -0.465 e. The molecule has 0 amide bonds. The van der Waals surface area contributed by atoms with E-state index in [0.29, 0.717) is 12.5 Å². The van der Waals surface area contributed by atoms with Gasteiger partial charge in [-0.05, 0) is 39.0 Å². The summed E-state index contributed by atoms with van der Waals surface area (Å²) in [7, 11) is 0. The maximum atomic E-state index is 11.9. The van der Waals surface area contributed by atoms with E-state index in [2.05, 4.69) is 20.9 Å². The van der Waals surface area contributed by atoms with Gasteiger partial charge in [0.15, 0.2) is 0 Å². The Labute approximate surface area is 124 Å². The molecule has 3 heterocycles. The van der Waals surface area contributed by atoms with Gasteiger partial charge in [-0.25, -0.2) is 9.97 Å². The summed E-state index contributed by atoms with van der Waals surface area (Å²) in [5, 5.41) is 0. The first kappa shape index (κ1) is 13.0. The molecule has 4 rings (SSSR count). The topological polar surface area (TPSA) is 55.3 Å². The summed E-state index contributed by atoms with van der Waals surface area (Å²) in [6.07, 6.45) is 5.16. The van der Waals surface area contributed by atoms with Gasteiger partial charge in [0.1, 0.15) is 11.6 Å². The van der Waals surface area contributed by atoms with Crippen LogP contribution in [0.4, 0.5) is 5.82 Å². The molecule has 2 saturated heterocycles. The number of cyclic esters (lactones) is 1. The molecule has 0 N–H and O–H groups in total. The number of hydrogen-bond donors (Lipinski definition) is 0. The summed E-state index contributed by atoms with van der Waals surface area (Å²) >= 11 is 0. The Bertz CT molecular complexity index is 575. The van der Waals surface area contributed by atoms with Crippen LogP contribution >= 0.6 is 0 Å². The van der Waals surface area contributed by atoms with Crippen LogP contribution in [0, 0.1) is 12.3 Å². The Hall–Kier alpha value is -1.65. The molecule has 5 heteroatoms. The van der Waals surface area contributed by atoms with E-state index in [1.807, 2.05) is 6.92 Å². The molecule has 1 saturated carbocycles. The van der Waals surface area contributed by atoms with Crippen LogP contribution < -0.4 is 4.90 Å². The number of aryl methyl sites for hydroxylation is 1. The number of rotatable bonds is 2. The van der Waals surface area contributed by atoms with E-state index in [9.17, 15) is 4.79 Å². The lowest BCUT2D eigenvalue weighted by Crippen LogP contribution is -2.42. The quantitative estimate of drug-likeness (QED) is 0.780. The zero-order valence-corrected chi connectivity index (χ0v) is 12.5. The summed E-state index contributed by atoms with van der Waals surface area (Å²) in [6, 6.07) is 2.15. The Morgan fingerprint density at radius 3 is 2.62 bits per heavy atom. The lowest BCUT2D eigenvalue weighted by Gasteiger charge is -2.37. The van der Waals surface area contributed by atoms with Gasteiger partial charge in [-0.2, -0.15) is 0 Å². The standard InChI is InChI=1S/C16H21N3O2/c1-11-17-13(12-2-3-12)10-14(18-11)19-7-4-16(5-8-19)6-9-21-15(16)20/h10,12H,2-9H2,1H3. The predicted octanol–water partition coefficient (Wildman–Crippen LogP) is 2.20. The van der Waals surface area contributed by atoms with Crippen molar-refractivity contribution in [3.8, 4) is 0 Å². The van der Waals surface area contributed by atoms with Gasteiger partial charge in [-0.15, -0.1) is 0 Å². The van der Waals surface area contributed by atoms with Crippen LogP contribution in [0.3, 0.4) is 0 Å². The summed E-state index contributed by atoms with van der Waals surface area (Å²) in [5.74, 6) is 2.55. The summed E-state index contributed by atoms with van der Waals surface area (Å²) in [4.78, 5) is 23.4. The Kier molecular flexibility index (Phi) is 2.91. The van der Waals surface area contributed by atoms with Crippen LogP contribution in [0.5, 0.6) is 0 Å². The Morgan fingerprint density at radius 1 is 1.24 bits per heavy atom. The summed E-state index contributed by atoms with van der Waals surface area (Å²) in [5.41, 5.74) is 0.982. The van der Waals surface area contributed by atoms with Crippen LogP contribution in [-0.4, -0.2) is 35.6 Å². The van der Waals surface area contributed by atoms with Gasteiger partial charge in [0.25, 0.3) is 0 Å². The molecule has 0 bridgehead atoms. The highest BCUT2D eigenvalue weighted by Gasteiger charge is 2.46. The fourth-order valence-corrected chi connectivity index (χ4v) is 3.54. The maximum Gasteiger partial charge on any atom is 0.312 e. The SMILES string of the molecule is Cc1nc(C2CC2)cc(N2CCC3(CCOC3=O)CC2)n1. The lowest BCUT2D eigenvalue weighted by molar-refractivity contribution is -0.147. The van der Waals surface area contributed by atoms with E-state index >= 15 is 0 Å². The molecule has 1 aromatic heterocycles. The van der Waals surface area contributed by atoms with Crippen molar-refractivity contribution in [2.24, 2.45) is 5.41 Å². The average molecular weight is 287 g/mol. The number of hydrogen-bond acceptors (Lipinski definition) is 5. The van der Waals surface area contributed by atoms with Crippen LogP contribution in [0.15, 0.2) is 6.07 Å². The second-order valence-electron chi connectivity index (χ2n) is 6.63. The van der Waals surface area contributed by atoms with Crippen molar-refractivity contribution in [1.82, 2.24) is 9.97 Å². The zero-order chi connectivity index (χ0) is 14.4.